The lowest BCUT2D eigenvalue weighted by Crippen LogP contribution is -2.34. The quantitative estimate of drug-likeness (QED) is 0.0408. The zero-order chi connectivity index (χ0) is 48.7. The summed E-state index contributed by atoms with van der Waals surface area (Å²) in [5.74, 6) is -0.440. The number of alkyl carbamates (subject to hydrolysis) is 3. The molecule has 0 saturated heterocycles. The van der Waals surface area contributed by atoms with Crippen molar-refractivity contribution in [3.63, 3.8) is 0 Å². The zero-order valence-corrected chi connectivity index (χ0v) is 38.6. The summed E-state index contributed by atoms with van der Waals surface area (Å²) in [5.41, 5.74) is 0.0680. The molecule has 6 aromatic rings. The molecule has 0 unspecified atom stereocenters. The van der Waals surface area contributed by atoms with Gasteiger partial charge in [0.05, 0.1) is 30.7 Å². The molecule has 3 aromatic carbocycles. The number of hydrogen-bond acceptors (Lipinski definition) is 14. The summed E-state index contributed by atoms with van der Waals surface area (Å²) in [6.45, 7) is 11.0. The van der Waals surface area contributed by atoms with Crippen molar-refractivity contribution in [2.75, 3.05) is 50.1 Å². The first-order chi connectivity index (χ1) is 32.5. The van der Waals surface area contributed by atoms with Gasteiger partial charge in [0.15, 0.2) is 0 Å². The minimum atomic E-state index is -0.744. The molecule has 0 atom stereocenters. The Balaban J connectivity index is 1.19. The Labute approximate surface area is 392 Å². The van der Waals surface area contributed by atoms with Crippen LogP contribution in [-0.4, -0.2) is 95.7 Å². The van der Waals surface area contributed by atoms with E-state index in [1.54, 1.807) is 77.9 Å². The molecule has 0 aliphatic heterocycles. The highest BCUT2D eigenvalue weighted by molar-refractivity contribution is 6.07. The SMILES string of the molecule is CC(C)(C)OC(=O)NCCOc1cc(NC(=O)c2cc(OCCNC(=O)OCc3ccccc3)cc(C(=O)Nc3cc(OCCNC(=O)OC(C)(C)C)c4ccccc4n3)n2)nc2ccccc12. The lowest BCUT2D eigenvalue weighted by Gasteiger charge is -2.19. The predicted octanol–water partition coefficient (Wildman–Crippen LogP) is 7.79. The molecule has 5 N–H and O–H groups in total. The number of ether oxygens (including phenoxy) is 6. The van der Waals surface area contributed by atoms with Gasteiger partial charge in [-0.05, 0) is 71.4 Å². The van der Waals surface area contributed by atoms with Crippen LogP contribution in [-0.2, 0) is 20.8 Å². The Morgan fingerprint density at radius 3 is 1.40 bits per heavy atom. The largest absolute Gasteiger partial charge is 0.492 e. The smallest absolute Gasteiger partial charge is 0.407 e. The van der Waals surface area contributed by atoms with Crippen LogP contribution in [0.15, 0.2) is 103 Å². The number of amides is 5. The second kappa shape index (κ2) is 22.8. The number of nitrogens with one attached hydrogen (secondary N) is 5. The third-order valence-corrected chi connectivity index (χ3v) is 9.01. The Morgan fingerprint density at radius 1 is 0.500 bits per heavy atom. The van der Waals surface area contributed by atoms with Crippen LogP contribution in [0.3, 0.4) is 0 Å². The summed E-state index contributed by atoms with van der Waals surface area (Å²) < 4.78 is 33.8. The topological polar surface area (TPSA) is 240 Å². The molecule has 6 rings (SSSR count). The third kappa shape index (κ3) is 15.5. The molecule has 0 saturated carbocycles. The lowest BCUT2D eigenvalue weighted by molar-refractivity contribution is 0.0509. The highest BCUT2D eigenvalue weighted by Crippen LogP contribution is 2.30. The number of fused-ring (bicyclic) bond motifs is 2. The fraction of sp³-hybridized carbons (Fsp3) is 0.306. The Morgan fingerprint density at radius 2 is 0.926 bits per heavy atom. The fourth-order valence-corrected chi connectivity index (χ4v) is 6.19. The van der Waals surface area contributed by atoms with Gasteiger partial charge in [0.25, 0.3) is 11.8 Å². The number of rotatable bonds is 18. The summed E-state index contributed by atoms with van der Waals surface area (Å²) in [5, 5.41) is 14.7. The van der Waals surface area contributed by atoms with Gasteiger partial charge in [0, 0.05) is 35.0 Å². The molecule has 3 heterocycles. The predicted molar refractivity (Wildman–Crippen MR) is 253 cm³/mol. The van der Waals surface area contributed by atoms with Gasteiger partial charge < -0.3 is 55.0 Å². The summed E-state index contributed by atoms with van der Waals surface area (Å²) in [7, 11) is 0. The van der Waals surface area contributed by atoms with Gasteiger partial charge in [-0.1, -0.05) is 54.6 Å². The first-order valence-electron chi connectivity index (χ1n) is 21.7. The number of carbonyl (C=O) groups is 5. The summed E-state index contributed by atoms with van der Waals surface area (Å²) in [6.07, 6.45) is -1.85. The average molecular weight is 931 g/mol. The van der Waals surface area contributed by atoms with Gasteiger partial charge >= 0.3 is 18.3 Å². The second-order valence-corrected chi connectivity index (χ2v) is 16.9. The number of benzene rings is 3. The van der Waals surface area contributed by atoms with Crippen molar-refractivity contribution in [1.29, 1.82) is 0 Å². The maximum absolute atomic E-state index is 14.0. The number of hydrogen-bond donors (Lipinski definition) is 5. The van der Waals surface area contributed by atoms with Gasteiger partial charge in [-0.25, -0.2) is 29.3 Å². The normalized spacial score (nSPS) is 11.2. The molecule has 19 nitrogen and oxygen atoms in total. The second-order valence-electron chi connectivity index (χ2n) is 16.9. The molecule has 0 radical (unpaired) electrons. The first-order valence-corrected chi connectivity index (χ1v) is 21.7. The number of para-hydroxylation sites is 2. The molecule has 3 aromatic heterocycles. The molecule has 68 heavy (non-hydrogen) atoms. The van der Waals surface area contributed by atoms with Gasteiger partial charge in [0.1, 0.15) is 77.9 Å². The van der Waals surface area contributed by atoms with Crippen molar-refractivity contribution >= 4 is 63.5 Å². The Hall–Kier alpha value is -8.22. The van der Waals surface area contributed by atoms with Crippen LogP contribution in [0.1, 0.15) is 68.1 Å². The van der Waals surface area contributed by atoms with Crippen LogP contribution < -0.4 is 40.8 Å². The Kier molecular flexibility index (Phi) is 16.5. The van der Waals surface area contributed by atoms with E-state index in [9.17, 15) is 24.0 Å². The minimum absolute atomic E-state index is 0.0210. The molecular formula is C49H54N8O11. The maximum Gasteiger partial charge on any atom is 0.407 e. The third-order valence-electron chi connectivity index (χ3n) is 9.01. The number of carbonyl (C=O) groups excluding carboxylic acids is 5. The van der Waals surface area contributed by atoms with Crippen molar-refractivity contribution in [3.8, 4) is 17.2 Å². The zero-order valence-electron chi connectivity index (χ0n) is 38.6. The number of aromatic nitrogens is 3. The van der Waals surface area contributed by atoms with Crippen molar-refractivity contribution in [1.82, 2.24) is 30.9 Å². The van der Waals surface area contributed by atoms with E-state index in [0.29, 0.717) is 33.3 Å². The monoisotopic (exact) mass is 930 g/mol. The number of pyridine rings is 3. The standard InChI is InChI=1S/C49H54N8O11/c1-48(2,3)67-46(61)51-21-24-64-39-28-41(54-35-18-12-10-16-33(35)39)56-43(58)37-26-32(63-23-20-50-45(60)66-30-31-14-8-7-9-15-31)27-38(53-37)44(59)57-42-29-40(34-17-11-13-19-36(34)55-42)65-25-22-52-47(62)68-49(4,5)6/h7-19,26-29H,20-25,30H2,1-6H3,(H,50,60)(H,51,61)(H,52,62)(H,54,56,58)(H,55,57,59). The number of anilines is 2. The summed E-state index contributed by atoms with van der Waals surface area (Å²) in [4.78, 5) is 78.3. The van der Waals surface area contributed by atoms with Crippen molar-refractivity contribution in [2.24, 2.45) is 0 Å². The molecule has 0 bridgehead atoms. The summed E-state index contributed by atoms with van der Waals surface area (Å²) >= 11 is 0. The van der Waals surface area contributed by atoms with Gasteiger partial charge in [-0.15, -0.1) is 0 Å². The molecule has 0 aliphatic carbocycles. The molecule has 0 spiro atoms. The van der Waals surface area contributed by atoms with Crippen LogP contribution in [0.2, 0.25) is 0 Å². The molecule has 19 heteroatoms. The van der Waals surface area contributed by atoms with Crippen LogP contribution in [0, 0.1) is 0 Å². The molecule has 0 fully saturated rings. The highest BCUT2D eigenvalue weighted by Gasteiger charge is 2.21. The van der Waals surface area contributed by atoms with E-state index in [-0.39, 0.29) is 74.8 Å². The van der Waals surface area contributed by atoms with Crippen molar-refractivity contribution in [2.45, 2.75) is 59.4 Å². The van der Waals surface area contributed by atoms with Crippen LogP contribution >= 0.6 is 0 Å². The Bertz CT molecular complexity index is 2590. The fourth-order valence-electron chi connectivity index (χ4n) is 6.19. The lowest BCUT2D eigenvalue weighted by atomic mass is 10.2. The van der Waals surface area contributed by atoms with E-state index < -0.39 is 41.3 Å². The maximum atomic E-state index is 14.0. The average Bonchev–Trinajstić information content (AvgIpc) is 3.29. The molecular weight excluding hydrogens is 877 g/mol. The van der Waals surface area contributed by atoms with E-state index in [1.165, 1.54) is 24.3 Å². The van der Waals surface area contributed by atoms with E-state index in [0.717, 1.165) is 5.56 Å². The van der Waals surface area contributed by atoms with Crippen molar-refractivity contribution in [3.05, 3.63) is 120 Å². The first kappa shape index (κ1) is 49.2. The van der Waals surface area contributed by atoms with E-state index in [2.05, 4.69) is 41.5 Å². The minimum Gasteiger partial charge on any atom is -0.492 e. The van der Waals surface area contributed by atoms with Gasteiger partial charge in [-0.2, -0.15) is 0 Å². The highest BCUT2D eigenvalue weighted by atomic mass is 16.6. The van der Waals surface area contributed by atoms with Crippen LogP contribution in [0.25, 0.3) is 21.8 Å². The molecule has 0 aliphatic rings. The molecule has 356 valence electrons. The van der Waals surface area contributed by atoms with Crippen LogP contribution in [0.4, 0.5) is 26.0 Å². The van der Waals surface area contributed by atoms with Crippen molar-refractivity contribution < 1.29 is 52.4 Å². The van der Waals surface area contributed by atoms with E-state index >= 15 is 0 Å². The van der Waals surface area contributed by atoms with Crippen LogP contribution in [0.5, 0.6) is 17.2 Å². The van der Waals surface area contributed by atoms with E-state index in [1.807, 2.05) is 42.5 Å². The van der Waals surface area contributed by atoms with Gasteiger partial charge in [-0.3, -0.25) is 9.59 Å². The van der Waals surface area contributed by atoms with E-state index in [4.69, 9.17) is 28.4 Å². The molecule has 5 amide bonds. The summed E-state index contributed by atoms with van der Waals surface area (Å²) in [6, 6.07) is 29.2. The van der Waals surface area contributed by atoms with Gasteiger partial charge in [0.2, 0.25) is 0 Å². The number of nitrogens with zero attached hydrogens (tertiary/aromatic N) is 3.